The molecule has 2 rings (SSSR count). The third kappa shape index (κ3) is 5.01. The molecule has 0 spiro atoms. The van der Waals surface area contributed by atoms with Crippen molar-refractivity contribution in [2.45, 2.75) is 26.9 Å². The van der Waals surface area contributed by atoms with Gasteiger partial charge in [-0.25, -0.2) is 0 Å². The van der Waals surface area contributed by atoms with Crippen molar-refractivity contribution in [3.05, 3.63) is 70.8 Å². The lowest BCUT2D eigenvalue weighted by Crippen LogP contribution is -2.34. The highest BCUT2D eigenvalue weighted by atomic mass is 16.2. The van der Waals surface area contributed by atoms with Gasteiger partial charge in [0, 0.05) is 13.1 Å². The second kappa shape index (κ2) is 7.76. The van der Waals surface area contributed by atoms with Crippen LogP contribution in [0.15, 0.2) is 48.5 Å². The lowest BCUT2D eigenvalue weighted by atomic mass is 10.1. The highest BCUT2D eigenvalue weighted by Crippen LogP contribution is 2.12. The molecule has 0 heterocycles. The molecular formula is C19H24N2O. The van der Waals surface area contributed by atoms with Gasteiger partial charge in [-0.05, 0) is 37.6 Å². The number of aryl methyl sites for hydroxylation is 2. The first-order chi connectivity index (χ1) is 10.5. The number of hydrogen-bond acceptors (Lipinski definition) is 2. The zero-order valence-electron chi connectivity index (χ0n) is 13.6. The van der Waals surface area contributed by atoms with Gasteiger partial charge in [0.05, 0.1) is 6.54 Å². The summed E-state index contributed by atoms with van der Waals surface area (Å²) in [6.45, 7) is 5.98. The summed E-state index contributed by atoms with van der Waals surface area (Å²) in [7, 11) is 1.97. The summed E-state index contributed by atoms with van der Waals surface area (Å²) >= 11 is 0. The topological polar surface area (TPSA) is 32.3 Å². The van der Waals surface area contributed by atoms with E-state index >= 15 is 0 Å². The zero-order valence-corrected chi connectivity index (χ0v) is 13.6. The number of likely N-dealkylation sites (N-methyl/N-ethyl adjacent to an activating group) is 1. The molecule has 0 bridgehead atoms. The van der Waals surface area contributed by atoms with E-state index in [1.807, 2.05) is 42.3 Å². The zero-order chi connectivity index (χ0) is 15.9. The average molecular weight is 296 g/mol. The maximum Gasteiger partial charge on any atom is 0.234 e. The van der Waals surface area contributed by atoms with Gasteiger partial charge in [0.1, 0.15) is 0 Å². The molecule has 0 fully saturated rings. The molecule has 0 unspecified atom stereocenters. The molecule has 3 nitrogen and oxygen atoms in total. The number of carbonyl (C=O) groups excluding carboxylic acids is 1. The van der Waals surface area contributed by atoms with Crippen molar-refractivity contribution in [2.24, 2.45) is 0 Å². The number of amides is 1. The molecule has 0 aliphatic heterocycles. The van der Waals surface area contributed by atoms with Crippen LogP contribution in [-0.2, 0) is 17.9 Å². The fourth-order valence-corrected chi connectivity index (χ4v) is 2.47. The highest BCUT2D eigenvalue weighted by molar-refractivity contribution is 5.77. The Morgan fingerprint density at radius 1 is 1.09 bits per heavy atom. The fraction of sp³-hybridized carbons (Fsp3) is 0.316. The first kappa shape index (κ1) is 16.2. The number of nitrogens with one attached hydrogen (secondary N) is 1. The van der Waals surface area contributed by atoms with Crippen LogP contribution in [-0.4, -0.2) is 24.4 Å². The molecule has 3 heteroatoms. The number of carbonyl (C=O) groups is 1. The lowest BCUT2D eigenvalue weighted by Gasteiger charge is -2.18. The van der Waals surface area contributed by atoms with Gasteiger partial charge in [-0.2, -0.15) is 0 Å². The van der Waals surface area contributed by atoms with Gasteiger partial charge in [-0.15, -0.1) is 0 Å². The molecule has 0 aliphatic rings. The Bertz CT molecular complexity index is 623. The van der Waals surface area contributed by atoms with Crippen molar-refractivity contribution in [1.82, 2.24) is 10.2 Å². The number of hydrogen-bond donors (Lipinski definition) is 1. The Hall–Kier alpha value is -2.13. The minimum Gasteiger partial charge on any atom is -0.351 e. The van der Waals surface area contributed by atoms with Crippen molar-refractivity contribution in [3.63, 3.8) is 0 Å². The first-order valence-electron chi connectivity index (χ1n) is 7.60. The van der Waals surface area contributed by atoms with Crippen LogP contribution in [0.25, 0.3) is 0 Å². The van der Waals surface area contributed by atoms with Gasteiger partial charge >= 0.3 is 0 Å². The van der Waals surface area contributed by atoms with Crippen LogP contribution in [0.3, 0.4) is 0 Å². The SMILES string of the molecule is Cc1ccc(CN(C)CC(=O)NCc2ccccc2)c(C)c1. The van der Waals surface area contributed by atoms with Crippen LogP contribution in [0.5, 0.6) is 0 Å². The third-order valence-electron chi connectivity index (χ3n) is 3.68. The summed E-state index contributed by atoms with van der Waals surface area (Å²) in [6, 6.07) is 16.4. The lowest BCUT2D eigenvalue weighted by molar-refractivity contribution is -0.122. The number of rotatable bonds is 6. The maximum atomic E-state index is 12.0. The summed E-state index contributed by atoms with van der Waals surface area (Å²) in [6.07, 6.45) is 0. The second-order valence-electron chi connectivity index (χ2n) is 5.86. The fourth-order valence-electron chi connectivity index (χ4n) is 2.47. The molecule has 1 N–H and O–H groups in total. The minimum absolute atomic E-state index is 0.0520. The van der Waals surface area contributed by atoms with Crippen LogP contribution < -0.4 is 5.32 Å². The van der Waals surface area contributed by atoms with Crippen molar-refractivity contribution < 1.29 is 4.79 Å². The van der Waals surface area contributed by atoms with Gasteiger partial charge in [0.2, 0.25) is 5.91 Å². The molecule has 0 saturated heterocycles. The van der Waals surface area contributed by atoms with Gasteiger partial charge in [-0.1, -0.05) is 54.1 Å². The van der Waals surface area contributed by atoms with Gasteiger partial charge in [0.25, 0.3) is 0 Å². The second-order valence-corrected chi connectivity index (χ2v) is 5.86. The van der Waals surface area contributed by atoms with Gasteiger partial charge in [-0.3, -0.25) is 9.69 Å². The molecular weight excluding hydrogens is 272 g/mol. The Morgan fingerprint density at radius 3 is 2.50 bits per heavy atom. The predicted octanol–water partition coefficient (Wildman–Crippen LogP) is 3.05. The Morgan fingerprint density at radius 2 is 1.82 bits per heavy atom. The van der Waals surface area contributed by atoms with E-state index in [-0.39, 0.29) is 5.91 Å². The van der Waals surface area contributed by atoms with Crippen LogP contribution in [0.1, 0.15) is 22.3 Å². The monoisotopic (exact) mass is 296 g/mol. The van der Waals surface area contributed by atoms with E-state index in [2.05, 4.69) is 37.4 Å². The van der Waals surface area contributed by atoms with Crippen LogP contribution in [0.2, 0.25) is 0 Å². The maximum absolute atomic E-state index is 12.0. The van der Waals surface area contributed by atoms with E-state index in [1.54, 1.807) is 0 Å². The van der Waals surface area contributed by atoms with E-state index in [1.165, 1.54) is 16.7 Å². The normalized spacial score (nSPS) is 10.7. The smallest absolute Gasteiger partial charge is 0.234 e. The third-order valence-corrected chi connectivity index (χ3v) is 3.68. The van der Waals surface area contributed by atoms with Crippen molar-refractivity contribution >= 4 is 5.91 Å². The molecule has 2 aromatic rings. The Labute approximate surface area is 133 Å². The summed E-state index contributed by atoms with van der Waals surface area (Å²) in [4.78, 5) is 14.0. The van der Waals surface area contributed by atoms with E-state index < -0.39 is 0 Å². The summed E-state index contributed by atoms with van der Waals surface area (Å²) in [5.74, 6) is 0.0520. The van der Waals surface area contributed by atoms with Gasteiger partial charge in [0.15, 0.2) is 0 Å². The van der Waals surface area contributed by atoms with Crippen molar-refractivity contribution in [3.8, 4) is 0 Å². The van der Waals surface area contributed by atoms with Crippen LogP contribution >= 0.6 is 0 Å². The number of benzene rings is 2. The molecule has 0 saturated carbocycles. The summed E-state index contributed by atoms with van der Waals surface area (Å²) in [5, 5.41) is 2.96. The van der Waals surface area contributed by atoms with E-state index in [9.17, 15) is 4.79 Å². The molecule has 1 amide bonds. The standard InChI is InChI=1S/C19H24N2O/c1-15-9-10-18(16(2)11-15)13-21(3)14-19(22)20-12-17-7-5-4-6-8-17/h4-11H,12-14H2,1-3H3,(H,20,22). The highest BCUT2D eigenvalue weighted by Gasteiger charge is 2.08. The molecule has 0 aliphatic carbocycles. The van der Waals surface area contributed by atoms with Crippen LogP contribution in [0, 0.1) is 13.8 Å². The van der Waals surface area contributed by atoms with Crippen LogP contribution in [0.4, 0.5) is 0 Å². The molecule has 0 radical (unpaired) electrons. The van der Waals surface area contributed by atoms with E-state index in [4.69, 9.17) is 0 Å². The average Bonchev–Trinajstić information content (AvgIpc) is 2.49. The predicted molar refractivity (Wildman–Crippen MR) is 90.5 cm³/mol. The van der Waals surface area contributed by atoms with E-state index in [0.29, 0.717) is 13.1 Å². The van der Waals surface area contributed by atoms with Crippen molar-refractivity contribution in [1.29, 1.82) is 0 Å². The largest absolute Gasteiger partial charge is 0.351 e. The Balaban J connectivity index is 1.81. The van der Waals surface area contributed by atoms with Gasteiger partial charge < -0.3 is 5.32 Å². The quantitative estimate of drug-likeness (QED) is 0.888. The molecule has 116 valence electrons. The van der Waals surface area contributed by atoms with E-state index in [0.717, 1.165) is 12.1 Å². The first-order valence-corrected chi connectivity index (χ1v) is 7.60. The summed E-state index contributed by atoms with van der Waals surface area (Å²) < 4.78 is 0. The minimum atomic E-state index is 0.0520. The summed E-state index contributed by atoms with van der Waals surface area (Å²) in [5.41, 5.74) is 4.93. The van der Waals surface area contributed by atoms with Crippen molar-refractivity contribution in [2.75, 3.05) is 13.6 Å². The number of nitrogens with zero attached hydrogens (tertiary/aromatic N) is 1. The molecule has 0 aromatic heterocycles. The molecule has 0 atom stereocenters. The Kier molecular flexibility index (Phi) is 5.73. The molecule has 2 aromatic carbocycles. The molecule has 22 heavy (non-hydrogen) atoms.